The fourth-order valence-electron chi connectivity index (χ4n) is 2.65. The lowest BCUT2D eigenvalue weighted by molar-refractivity contribution is 0.0804. The van der Waals surface area contributed by atoms with Crippen LogP contribution in [0, 0.1) is 0 Å². The van der Waals surface area contributed by atoms with Gasteiger partial charge in [-0.2, -0.15) is 5.10 Å². The molecule has 4 N–H and O–H groups in total. The maximum absolute atomic E-state index is 12.6. The SMILES string of the molecule is O=c1c(-c2nnc(Nc3ccc4[nH]ncc4c3)s2)cccn1CC(O)CO. The highest BCUT2D eigenvalue weighted by Gasteiger charge is 2.13. The van der Waals surface area contributed by atoms with E-state index < -0.39 is 12.7 Å². The van der Waals surface area contributed by atoms with Crippen molar-refractivity contribution < 1.29 is 10.2 Å². The molecule has 0 aliphatic heterocycles. The van der Waals surface area contributed by atoms with E-state index in [9.17, 15) is 9.90 Å². The molecule has 0 saturated heterocycles. The highest BCUT2D eigenvalue weighted by Crippen LogP contribution is 2.27. The van der Waals surface area contributed by atoms with Crippen LogP contribution in [0.1, 0.15) is 0 Å². The lowest BCUT2D eigenvalue weighted by Crippen LogP contribution is -2.28. The largest absolute Gasteiger partial charge is 0.394 e. The molecular weight excluding hydrogens is 368 g/mol. The Labute approximate surface area is 156 Å². The zero-order chi connectivity index (χ0) is 18.8. The van der Waals surface area contributed by atoms with Gasteiger partial charge in [0.25, 0.3) is 5.56 Å². The molecule has 27 heavy (non-hydrogen) atoms. The van der Waals surface area contributed by atoms with Crippen molar-refractivity contribution in [2.45, 2.75) is 12.6 Å². The first-order valence-electron chi connectivity index (χ1n) is 8.16. The van der Waals surface area contributed by atoms with E-state index >= 15 is 0 Å². The molecule has 0 saturated carbocycles. The summed E-state index contributed by atoms with van der Waals surface area (Å²) in [6.45, 7) is -0.400. The third-order valence-electron chi connectivity index (χ3n) is 3.99. The molecule has 0 aliphatic carbocycles. The van der Waals surface area contributed by atoms with E-state index in [2.05, 4.69) is 25.7 Å². The highest BCUT2D eigenvalue weighted by molar-refractivity contribution is 7.18. The number of aromatic nitrogens is 5. The van der Waals surface area contributed by atoms with E-state index in [4.69, 9.17) is 5.11 Å². The van der Waals surface area contributed by atoms with Gasteiger partial charge in [-0.1, -0.05) is 11.3 Å². The van der Waals surface area contributed by atoms with Gasteiger partial charge >= 0.3 is 0 Å². The predicted molar refractivity (Wildman–Crippen MR) is 102 cm³/mol. The van der Waals surface area contributed by atoms with Crippen LogP contribution in [0.3, 0.4) is 0 Å². The molecule has 3 heterocycles. The second-order valence-electron chi connectivity index (χ2n) is 5.93. The number of aliphatic hydroxyl groups excluding tert-OH is 2. The second-order valence-corrected chi connectivity index (χ2v) is 6.90. The van der Waals surface area contributed by atoms with E-state index in [-0.39, 0.29) is 12.1 Å². The number of hydrogen-bond donors (Lipinski definition) is 4. The third-order valence-corrected chi connectivity index (χ3v) is 4.86. The van der Waals surface area contributed by atoms with Crippen molar-refractivity contribution in [3.63, 3.8) is 0 Å². The Hall–Kier alpha value is -3.08. The first-order valence-corrected chi connectivity index (χ1v) is 8.98. The van der Waals surface area contributed by atoms with Gasteiger partial charge in [-0.25, -0.2) is 0 Å². The Morgan fingerprint density at radius 1 is 1.30 bits per heavy atom. The Morgan fingerprint density at radius 2 is 2.19 bits per heavy atom. The zero-order valence-corrected chi connectivity index (χ0v) is 14.8. The number of H-pyrrole nitrogens is 1. The third kappa shape index (κ3) is 3.58. The lowest BCUT2D eigenvalue weighted by Gasteiger charge is -2.10. The van der Waals surface area contributed by atoms with E-state index in [1.54, 1.807) is 24.5 Å². The van der Waals surface area contributed by atoms with Gasteiger partial charge in [-0.05, 0) is 30.3 Å². The van der Waals surface area contributed by atoms with Crippen LogP contribution in [0.25, 0.3) is 21.5 Å². The minimum Gasteiger partial charge on any atom is -0.394 e. The van der Waals surface area contributed by atoms with Gasteiger partial charge in [0, 0.05) is 17.3 Å². The molecule has 0 aliphatic rings. The van der Waals surface area contributed by atoms with Crippen LogP contribution in [-0.2, 0) is 6.54 Å². The monoisotopic (exact) mass is 384 g/mol. The number of fused-ring (bicyclic) bond motifs is 1. The van der Waals surface area contributed by atoms with Crippen molar-refractivity contribution >= 4 is 33.1 Å². The number of aromatic amines is 1. The number of benzene rings is 1. The van der Waals surface area contributed by atoms with E-state index in [1.165, 1.54) is 15.9 Å². The molecule has 1 aromatic carbocycles. The smallest absolute Gasteiger partial charge is 0.261 e. The van der Waals surface area contributed by atoms with Gasteiger partial charge < -0.3 is 20.1 Å². The Balaban J connectivity index is 1.59. The van der Waals surface area contributed by atoms with Gasteiger partial charge in [0.05, 0.1) is 36.5 Å². The zero-order valence-electron chi connectivity index (χ0n) is 14.0. The number of rotatable bonds is 6. The van der Waals surface area contributed by atoms with Crippen molar-refractivity contribution in [2.75, 3.05) is 11.9 Å². The number of nitrogens with one attached hydrogen (secondary N) is 2. The summed E-state index contributed by atoms with van der Waals surface area (Å²) in [6, 6.07) is 9.10. The summed E-state index contributed by atoms with van der Waals surface area (Å²) in [4.78, 5) is 12.6. The summed E-state index contributed by atoms with van der Waals surface area (Å²) < 4.78 is 1.34. The first kappa shape index (κ1) is 17.3. The highest BCUT2D eigenvalue weighted by atomic mass is 32.1. The van der Waals surface area contributed by atoms with Crippen LogP contribution in [0.4, 0.5) is 10.8 Å². The Morgan fingerprint density at radius 3 is 3.04 bits per heavy atom. The lowest BCUT2D eigenvalue weighted by atomic mass is 10.2. The van der Waals surface area contributed by atoms with Crippen molar-refractivity contribution in [2.24, 2.45) is 0 Å². The standard InChI is InChI=1S/C17H16N6O3S/c24-9-12(25)8-23-5-1-2-13(16(23)26)15-21-22-17(27-15)19-11-3-4-14-10(6-11)7-18-20-14/h1-7,12,24-25H,8-9H2,(H,18,20)(H,19,22). The topological polar surface area (TPSA) is 129 Å². The summed E-state index contributed by atoms with van der Waals surface area (Å²) in [7, 11) is 0. The van der Waals surface area contributed by atoms with Crippen LogP contribution < -0.4 is 10.9 Å². The molecule has 1 atom stereocenters. The fraction of sp³-hybridized carbons (Fsp3) is 0.176. The van der Waals surface area contributed by atoms with E-state index in [1.807, 2.05) is 18.2 Å². The molecule has 9 nitrogen and oxygen atoms in total. The average molecular weight is 384 g/mol. The molecule has 0 amide bonds. The summed E-state index contributed by atoms with van der Waals surface area (Å²) in [5, 5.41) is 38.8. The Bertz CT molecular complexity index is 1130. The van der Waals surface area contributed by atoms with Gasteiger partial charge in [-0.3, -0.25) is 9.89 Å². The number of nitrogens with zero attached hydrogens (tertiary/aromatic N) is 4. The fourth-order valence-corrected chi connectivity index (χ4v) is 3.44. The summed E-state index contributed by atoms with van der Waals surface area (Å²) in [5.41, 5.74) is 1.86. The number of anilines is 2. The maximum Gasteiger partial charge on any atom is 0.261 e. The molecule has 4 rings (SSSR count). The van der Waals surface area contributed by atoms with Gasteiger partial charge in [0.15, 0.2) is 5.01 Å². The molecule has 0 radical (unpaired) electrons. The van der Waals surface area contributed by atoms with Crippen LogP contribution in [0.15, 0.2) is 47.5 Å². The van der Waals surface area contributed by atoms with E-state index in [0.717, 1.165) is 16.6 Å². The van der Waals surface area contributed by atoms with Crippen molar-refractivity contribution in [1.29, 1.82) is 0 Å². The van der Waals surface area contributed by atoms with Crippen molar-refractivity contribution in [3.8, 4) is 10.6 Å². The van der Waals surface area contributed by atoms with Crippen LogP contribution in [0.5, 0.6) is 0 Å². The number of hydrogen-bond acceptors (Lipinski definition) is 8. The summed E-state index contributed by atoms with van der Waals surface area (Å²) in [6.07, 6.45) is 2.30. The van der Waals surface area contributed by atoms with Crippen LogP contribution in [0.2, 0.25) is 0 Å². The van der Waals surface area contributed by atoms with Gasteiger partial charge in [0.2, 0.25) is 5.13 Å². The van der Waals surface area contributed by atoms with Crippen molar-refractivity contribution in [1.82, 2.24) is 25.0 Å². The maximum atomic E-state index is 12.6. The first-order chi connectivity index (χ1) is 13.1. The Kier molecular flexibility index (Phi) is 4.67. The van der Waals surface area contributed by atoms with Gasteiger partial charge in [0.1, 0.15) is 0 Å². The second kappa shape index (κ2) is 7.27. The quantitative estimate of drug-likeness (QED) is 0.395. The van der Waals surface area contributed by atoms with Crippen LogP contribution >= 0.6 is 11.3 Å². The summed E-state index contributed by atoms with van der Waals surface area (Å²) >= 11 is 1.25. The molecule has 10 heteroatoms. The number of aliphatic hydroxyl groups is 2. The van der Waals surface area contributed by atoms with E-state index in [0.29, 0.717) is 15.7 Å². The molecule has 4 aromatic rings. The minimum absolute atomic E-state index is 0.0117. The molecular formula is C17H16N6O3S. The molecule has 3 aromatic heterocycles. The molecule has 0 fully saturated rings. The van der Waals surface area contributed by atoms with Crippen LogP contribution in [-0.4, -0.2) is 47.9 Å². The summed E-state index contributed by atoms with van der Waals surface area (Å²) in [5.74, 6) is 0. The molecule has 138 valence electrons. The average Bonchev–Trinajstić information content (AvgIpc) is 3.32. The molecule has 0 spiro atoms. The number of pyridine rings is 1. The molecule has 1 unspecified atom stereocenters. The molecule has 0 bridgehead atoms. The minimum atomic E-state index is -0.998. The van der Waals surface area contributed by atoms with Gasteiger partial charge in [-0.15, -0.1) is 10.2 Å². The normalized spacial score (nSPS) is 12.4. The van der Waals surface area contributed by atoms with Crippen molar-refractivity contribution in [3.05, 3.63) is 53.1 Å². The predicted octanol–water partition coefficient (Wildman–Crippen LogP) is 1.34.